The zero-order valence-corrected chi connectivity index (χ0v) is 17.0. The molecule has 4 rings (SSSR count). The van der Waals surface area contributed by atoms with E-state index in [-0.39, 0.29) is 0 Å². The van der Waals surface area contributed by atoms with Gasteiger partial charge in [0.25, 0.3) is 0 Å². The first-order chi connectivity index (χ1) is 13.6. The lowest BCUT2D eigenvalue weighted by molar-refractivity contribution is 1.07. The van der Waals surface area contributed by atoms with E-state index in [4.69, 9.17) is 9.97 Å². The number of nitrogens with zero attached hydrogens (tertiary/aromatic N) is 3. The summed E-state index contributed by atoms with van der Waals surface area (Å²) in [5.41, 5.74) is 9.26. The van der Waals surface area contributed by atoms with Gasteiger partial charge in [-0.2, -0.15) is 0 Å². The Bertz CT molecular complexity index is 1140. The van der Waals surface area contributed by atoms with Gasteiger partial charge in [-0.3, -0.25) is 0 Å². The van der Waals surface area contributed by atoms with Crippen LogP contribution in [0.2, 0.25) is 0 Å². The highest BCUT2D eigenvalue weighted by atomic mass is 14.9. The zero-order chi connectivity index (χ0) is 19.7. The lowest BCUT2D eigenvalue weighted by Gasteiger charge is -2.17. The van der Waals surface area contributed by atoms with Gasteiger partial charge in [0.2, 0.25) is 0 Å². The summed E-state index contributed by atoms with van der Waals surface area (Å²) in [6, 6.07) is 16.8. The van der Waals surface area contributed by atoms with Crippen LogP contribution in [0.1, 0.15) is 36.1 Å². The molecule has 0 radical (unpaired) electrons. The van der Waals surface area contributed by atoms with Crippen LogP contribution in [-0.4, -0.2) is 15.0 Å². The lowest BCUT2D eigenvalue weighted by Crippen LogP contribution is -2.01. The number of fused-ring (bicyclic) bond motifs is 1. The van der Waals surface area contributed by atoms with Crippen LogP contribution in [0.25, 0.3) is 33.7 Å². The smallest absolute Gasteiger partial charge is 0.178 e. The predicted octanol–water partition coefficient (Wildman–Crippen LogP) is 6.10. The number of hydrogen-bond donors (Lipinski definition) is 0. The molecule has 0 aliphatic rings. The Kier molecular flexibility index (Phi) is 4.91. The normalized spacial score (nSPS) is 11.1. The quantitative estimate of drug-likeness (QED) is 0.437. The number of aryl methyl sites for hydroxylation is 4. The monoisotopic (exact) mass is 367 g/mol. The van der Waals surface area contributed by atoms with Crippen molar-refractivity contribution in [3.63, 3.8) is 0 Å². The fourth-order valence-corrected chi connectivity index (χ4v) is 3.81. The molecule has 28 heavy (non-hydrogen) atoms. The van der Waals surface area contributed by atoms with Crippen molar-refractivity contribution in [2.24, 2.45) is 0 Å². The molecule has 0 saturated heterocycles. The van der Waals surface area contributed by atoms with Gasteiger partial charge in [-0.05, 0) is 55.5 Å². The third kappa shape index (κ3) is 3.29. The van der Waals surface area contributed by atoms with Gasteiger partial charge in [0.05, 0.1) is 11.2 Å². The molecule has 4 aromatic rings. The molecule has 2 aromatic carbocycles. The second-order valence-electron chi connectivity index (χ2n) is 7.28. The van der Waals surface area contributed by atoms with Crippen LogP contribution in [0, 0.1) is 13.8 Å². The summed E-state index contributed by atoms with van der Waals surface area (Å²) in [5.74, 6) is 0.670. The summed E-state index contributed by atoms with van der Waals surface area (Å²) in [5, 5.41) is 1.04. The summed E-state index contributed by atoms with van der Waals surface area (Å²) < 4.78 is 0. The molecule has 0 unspecified atom stereocenters. The number of para-hydroxylation sites is 1. The van der Waals surface area contributed by atoms with Gasteiger partial charge in [-0.15, -0.1) is 0 Å². The SMILES string of the molecule is CCc1cc(C)cc(CC)c1-c1nc(-c2ncc3ccccc3n2)ccc1C. The fraction of sp³-hybridized carbons (Fsp3) is 0.240. The van der Waals surface area contributed by atoms with E-state index < -0.39 is 0 Å². The van der Waals surface area contributed by atoms with Gasteiger partial charge in [-0.1, -0.05) is 55.8 Å². The summed E-state index contributed by atoms with van der Waals surface area (Å²) in [7, 11) is 0. The molecule has 3 heteroatoms. The predicted molar refractivity (Wildman–Crippen MR) is 116 cm³/mol. The van der Waals surface area contributed by atoms with Crippen molar-refractivity contribution >= 4 is 10.9 Å². The average molecular weight is 367 g/mol. The van der Waals surface area contributed by atoms with Gasteiger partial charge in [0.1, 0.15) is 5.69 Å². The maximum atomic E-state index is 5.04. The molecular formula is C25H25N3. The van der Waals surface area contributed by atoms with E-state index in [0.717, 1.165) is 35.1 Å². The van der Waals surface area contributed by atoms with Crippen molar-refractivity contribution in [2.45, 2.75) is 40.5 Å². The Morgan fingerprint density at radius 1 is 0.821 bits per heavy atom. The lowest BCUT2D eigenvalue weighted by atomic mass is 9.91. The van der Waals surface area contributed by atoms with Crippen molar-refractivity contribution in [1.29, 1.82) is 0 Å². The molecule has 0 N–H and O–H groups in total. The summed E-state index contributed by atoms with van der Waals surface area (Å²) in [6.07, 6.45) is 3.85. The highest BCUT2D eigenvalue weighted by Gasteiger charge is 2.16. The van der Waals surface area contributed by atoms with Crippen LogP contribution >= 0.6 is 0 Å². The third-order valence-electron chi connectivity index (χ3n) is 5.26. The number of pyridine rings is 1. The molecule has 0 aliphatic heterocycles. The summed E-state index contributed by atoms with van der Waals surface area (Å²) in [6.45, 7) is 8.72. The maximum Gasteiger partial charge on any atom is 0.178 e. The van der Waals surface area contributed by atoms with E-state index >= 15 is 0 Å². The molecule has 3 nitrogen and oxygen atoms in total. The highest BCUT2D eigenvalue weighted by molar-refractivity contribution is 5.79. The standard InChI is InChI=1S/C25H25N3/c1-5-18-13-16(3)14-19(6-2)23(18)24-17(4)11-12-22(27-24)25-26-15-20-9-7-8-10-21(20)28-25/h7-15H,5-6H2,1-4H3. The second kappa shape index (κ2) is 7.51. The van der Waals surface area contributed by atoms with Crippen molar-refractivity contribution in [1.82, 2.24) is 15.0 Å². The first-order valence-electron chi connectivity index (χ1n) is 9.93. The highest BCUT2D eigenvalue weighted by Crippen LogP contribution is 2.32. The van der Waals surface area contributed by atoms with Crippen LogP contribution in [0.5, 0.6) is 0 Å². The minimum Gasteiger partial charge on any atom is -0.244 e. The van der Waals surface area contributed by atoms with Crippen LogP contribution in [0.3, 0.4) is 0 Å². The van der Waals surface area contributed by atoms with Gasteiger partial charge < -0.3 is 0 Å². The van der Waals surface area contributed by atoms with E-state index in [9.17, 15) is 0 Å². The van der Waals surface area contributed by atoms with Crippen LogP contribution < -0.4 is 0 Å². The van der Waals surface area contributed by atoms with Crippen molar-refractivity contribution in [3.8, 4) is 22.8 Å². The molecule has 0 spiro atoms. The number of hydrogen-bond acceptors (Lipinski definition) is 3. The fourth-order valence-electron chi connectivity index (χ4n) is 3.81. The average Bonchev–Trinajstić information content (AvgIpc) is 2.73. The third-order valence-corrected chi connectivity index (χ3v) is 5.26. The Morgan fingerprint density at radius 2 is 1.54 bits per heavy atom. The van der Waals surface area contributed by atoms with Crippen molar-refractivity contribution in [2.75, 3.05) is 0 Å². The number of benzene rings is 2. The zero-order valence-electron chi connectivity index (χ0n) is 17.0. The molecule has 140 valence electrons. The van der Waals surface area contributed by atoms with Crippen molar-refractivity contribution in [3.05, 3.63) is 77.0 Å². The molecule has 0 aliphatic carbocycles. The molecule has 2 heterocycles. The first kappa shape index (κ1) is 18.3. The molecule has 0 atom stereocenters. The Balaban J connectivity index is 1.91. The van der Waals surface area contributed by atoms with Crippen LogP contribution in [-0.2, 0) is 12.8 Å². The largest absolute Gasteiger partial charge is 0.244 e. The molecule has 0 saturated carbocycles. The summed E-state index contributed by atoms with van der Waals surface area (Å²) >= 11 is 0. The van der Waals surface area contributed by atoms with Gasteiger partial charge >= 0.3 is 0 Å². The minimum absolute atomic E-state index is 0.670. The first-order valence-corrected chi connectivity index (χ1v) is 9.93. The second-order valence-corrected chi connectivity index (χ2v) is 7.28. The molecular weight excluding hydrogens is 342 g/mol. The number of rotatable bonds is 4. The van der Waals surface area contributed by atoms with E-state index in [0.29, 0.717) is 5.82 Å². The van der Waals surface area contributed by atoms with Crippen molar-refractivity contribution < 1.29 is 0 Å². The van der Waals surface area contributed by atoms with Gasteiger partial charge in [-0.25, -0.2) is 15.0 Å². The van der Waals surface area contributed by atoms with Gasteiger partial charge in [0.15, 0.2) is 5.82 Å². The van der Waals surface area contributed by atoms with E-state index in [1.165, 1.54) is 27.8 Å². The Hall–Kier alpha value is -3.07. The van der Waals surface area contributed by atoms with Gasteiger partial charge in [0, 0.05) is 17.1 Å². The van der Waals surface area contributed by atoms with E-state index in [2.05, 4.69) is 50.9 Å². The van der Waals surface area contributed by atoms with Crippen LogP contribution in [0.4, 0.5) is 0 Å². The molecule has 0 fully saturated rings. The summed E-state index contributed by atoms with van der Waals surface area (Å²) in [4.78, 5) is 14.3. The Morgan fingerprint density at radius 3 is 2.25 bits per heavy atom. The Labute approximate surface area is 166 Å². The molecule has 0 amide bonds. The maximum absolute atomic E-state index is 5.04. The number of aromatic nitrogens is 3. The van der Waals surface area contributed by atoms with E-state index in [1.54, 1.807) is 0 Å². The minimum atomic E-state index is 0.670. The van der Waals surface area contributed by atoms with Crippen LogP contribution in [0.15, 0.2) is 54.7 Å². The molecule has 0 bridgehead atoms. The topological polar surface area (TPSA) is 38.7 Å². The van der Waals surface area contributed by atoms with E-state index in [1.807, 2.05) is 36.5 Å². The molecule has 2 aromatic heterocycles.